The standard InChI is InChI=1S/C19H31NO20S/c1-35-18-10(27)8(25)12(14(40-18)16(30)31)38-17-4(20-41(32,33)34)5(22)11(3(2-21)36-17)37-19-9(26)6(23)7(24)13(39-19)15(28)29/h3-14,17-27H,2H2,1H3,(H,28,29)(H,30,31)(H,32,33,34)/t3-,4-,5-,6+,7+,8-,9-,10-,11-,12+,13-,14+,17-,18-,19-/m1/s1. The molecule has 0 aromatic heterocycles. The molecule has 3 aliphatic rings. The molecule has 0 aromatic rings. The number of rotatable bonds is 10. The number of carbonyl (C=O) groups is 2. The molecule has 0 amide bonds. The van der Waals surface area contributed by atoms with Crippen molar-refractivity contribution in [3.8, 4) is 0 Å². The molecule has 11 N–H and O–H groups in total. The van der Waals surface area contributed by atoms with E-state index < -0.39 is 121 Å². The Hall–Kier alpha value is -1.71. The number of aliphatic hydroxyl groups excluding tert-OH is 7. The highest BCUT2D eigenvalue weighted by atomic mass is 32.2. The van der Waals surface area contributed by atoms with E-state index in [0.717, 1.165) is 7.11 Å². The molecule has 0 aromatic carbocycles. The van der Waals surface area contributed by atoms with Gasteiger partial charge in [-0.1, -0.05) is 0 Å². The number of carboxylic acid groups (broad SMARTS) is 2. The first-order chi connectivity index (χ1) is 19.0. The Morgan fingerprint density at radius 3 is 1.78 bits per heavy atom. The Bertz CT molecular complexity index is 1030. The number of carboxylic acids is 2. The van der Waals surface area contributed by atoms with Crippen molar-refractivity contribution in [2.45, 2.75) is 92.1 Å². The largest absolute Gasteiger partial charge is 0.479 e. The zero-order valence-electron chi connectivity index (χ0n) is 20.8. The highest BCUT2D eigenvalue weighted by Crippen LogP contribution is 2.33. The number of nitrogens with one attached hydrogen (secondary N) is 1. The van der Waals surface area contributed by atoms with Gasteiger partial charge in [0, 0.05) is 7.11 Å². The fourth-order valence-electron chi connectivity index (χ4n) is 4.51. The third-order valence-electron chi connectivity index (χ3n) is 6.55. The van der Waals surface area contributed by atoms with E-state index in [0.29, 0.717) is 0 Å². The second-order valence-corrected chi connectivity index (χ2v) is 10.4. The minimum Gasteiger partial charge on any atom is -0.479 e. The average molecular weight is 626 g/mol. The van der Waals surface area contributed by atoms with Crippen LogP contribution in [0.3, 0.4) is 0 Å². The second kappa shape index (κ2) is 13.3. The third kappa shape index (κ3) is 7.27. The lowest BCUT2D eigenvalue weighted by Gasteiger charge is -2.48. The number of ether oxygens (including phenoxy) is 6. The molecule has 3 saturated heterocycles. The van der Waals surface area contributed by atoms with Gasteiger partial charge in [0.15, 0.2) is 31.1 Å². The van der Waals surface area contributed by atoms with Gasteiger partial charge in [0.2, 0.25) is 0 Å². The van der Waals surface area contributed by atoms with Crippen LogP contribution in [-0.4, -0.2) is 177 Å². The van der Waals surface area contributed by atoms with Crippen LogP contribution in [0.25, 0.3) is 0 Å². The Labute approximate surface area is 230 Å². The Morgan fingerprint density at radius 2 is 1.27 bits per heavy atom. The van der Waals surface area contributed by atoms with Crippen LogP contribution in [0, 0.1) is 0 Å². The third-order valence-corrected chi connectivity index (χ3v) is 7.12. The summed E-state index contributed by atoms with van der Waals surface area (Å²) in [4.78, 5) is 23.1. The second-order valence-electron chi connectivity index (χ2n) is 9.25. The SMILES string of the molecule is CO[C@@H]1O[C@H](C(=O)O)[C@@H](O[C@H]2O[C@H](CO)[C@@H](O[C@@H]3O[C@@H](C(=O)O)[C@@H](O)[C@H](O)[C@H]3O)[C@H](O)[C@H]2NS(=O)(=O)O)[C@H](O)[C@H]1O. The van der Waals surface area contributed by atoms with Gasteiger partial charge in [-0.2, -0.15) is 13.1 Å². The molecular weight excluding hydrogens is 594 g/mol. The van der Waals surface area contributed by atoms with Crippen molar-refractivity contribution >= 4 is 22.2 Å². The minimum atomic E-state index is -5.22. The van der Waals surface area contributed by atoms with Gasteiger partial charge in [0.1, 0.15) is 61.0 Å². The molecule has 0 radical (unpaired) electrons. The van der Waals surface area contributed by atoms with Gasteiger partial charge in [0.05, 0.1) is 6.61 Å². The van der Waals surface area contributed by atoms with E-state index in [1.807, 2.05) is 0 Å². The van der Waals surface area contributed by atoms with E-state index in [1.54, 1.807) is 0 Å². The highest BCUT2D eigenvalue weighted by Gasteiger charge is 2.56. The van der Waals surface area contributed by atoms with Gasteiger partial charge in [0.25, 0.3) is 0 Å². The van der Waals surface area contributed by atoms with E-state index in [2.05, 4.69) is 0 Å². The van der Waals surface area contributed by atoms with Gasteiger partial charge < -0.3 is 74.4 Å². The maximum Gasteiger partial charge on any atom is 0.335 e. The van der Waals surface area contributed by atoms with E-state index in [9.17, 15) is 68.5 Å². The zero-order chi connectivity index (χ0) is 31.0. The van der Waals surface area contributed by atoms with Gasteiger partial charge in [-0.3, -0.25) is 4.55 Å². The molecule has 22 heteroatoms. The molecule has 0 spiro atoms. The van der Waals surface area contributed by atoms with Crippen molar-refractivity contribution in [2.24, 2.45) is 0 Å². The molecule has 0 saturated carbocycles. The van der Waals surface area contributed by atoms with Crippen LogP contribution in [0.4, 0.5) is 0 Å². The summed E-state index contributed by atoms with van der Waals surface area (Å²) in [7, 11) is -4.19. The number of methoxy groups -OCH3 is 1. The normalized spacial score (nSPS) is 45.7. The van der Waals surface area contributed by atoms with Crippen LogP contribution in [0.15, 0.2) is 0 Å². The van der Waals surface area contributed by atoms with Gasteiger partial charge >= 0.3 is 22.2 Å². The zero-order valence-corrected chi connectivity index (χ0v) is 21.6. The number of hydrogen-bond donors (Lipinski definition) is 11. The first-order valence-corrected chi connectivity index (χ1v) is 13.2. The molecule has 3 aliphatic heterocycles. The van der Waals surface area contributed by atoms with Gasteiger partial charge in [-0.15, -0.1) is 0 Å². The van der Waals surface area contributed by atoms with Crippen LogP contribution in [0.5, 0.6) is 0 Å². The topological polar surface area (TPSA) is 338 Å². The predicted molar refractivity (Wildman–Crippen MR) is 120 cm³/mol. The monoisotopic (exact) mass is 625 g/mol. The van der Waals surface area contributed by atoms with Crippen LogP contribution in [-0.2, 0) is 48.3 Å². The molecule has 15 atom stereocenters. The summed E-state index contributed by atoms with van der Waals surface area (Å²) in [5, 5.41) is 90.4. The smallest absolute Gasteiger partial charge is 0.335 e. The predicted octanol–water partition coefficient (Wildman–Crippen LogP) is -7.33. The summed E-state index contributed by atoms with van der Waals surface area (Å²) in [6, 6.07) is -2.15. The summed E-state index contributed by atoms with van der Waals surface area (Å²) in [5.41, 5.74) is 0. The van der Waals surface area contributed by atoms with Crippen molar-refractivity contribution in [1.82, 2.24) is 4.72 Å². The summed E-state index contributed by atoms with van der Waals surface area (Å²) in [6.07, 6.45) is -28.5. The van der Waals surface area contributed by atoms with Crippen molar-refractivity contribution in [3.05, 3.63) is 0 Å². The fraction of sp³-hybridized carbons (Fsp3) is 0.895. The van der Waals surface area contributed by atoms with E-state index >= 15 is 0 Å². The van der Waals surface area contributed by atoms with Crippen molar-refractivity contribution in [3.63, 3.8) is 0 Å². The lowest BCUT2D eigenvalue weighted by molar-refractivity contribution is -0.360. The van der Waals surface area contributed by atoms with E-state index in [1.165, 1.54) is 4.72 Å². The Balaban J connectivity index is 1.91. The van der Waals surface area contributed by atoms with Gasteiger partial charge in [-0.25, -0.2) is 9.59 Å². The molecule has 3 heterocycles. The summed E-state index contributed by atoms with van der Waals surface area (Å²) >= 11 is 0. The Kier molecular flexibility index (Phi) is 11.0. The number of aliphatic hydroxyl groups is 7. The highest BCUT2D eigenvalue weighted by molar-refractivity contribution is 7.83. The molecule has 0 aliphatic carbocycles. The number of hydrogen-bond acceptors (Lipinski definition) is 17. The first-order valence-electron chi connectivity index (χ1n) is 11.7. The number of aliphatic carboxylic acids is 2. The van der Waals surface area contributed by atoms with Crippen molar-refractivity contribution < 1.29 is 96.9 Å². The lowest BCUT2D eigenvalue weighted by atomic mass is 9.95. The maximum atomic E-state index is 11.8. The van der Waals surface area contributed by atoms with Crippen molar-refractivity contribution in [2.75, 3.05) is 13.7 Å². The fourth-order valence-corrected chi connectivity index (χ4v) is 5.10. The first kappa shape index (κ1) is 33.8. The molecule has 21 nitrogen and oxygen atoms in total. The molecular formula is C19H31NO20S. The van der Waals surface area contributed by atoms with Crippen LogP contribution >= 0.6 is 0 Å². The molecule has 238 valence electrons. The lowest BCUT2D eigenvalue weighted by Crippen LogP contribution is -2.69. The summed E-state index contributed by atoms with van der Waals surface area (Å²) < 4.78 is 65.1. The van der Waals surface area contributed by atoms with Crippen LogP contribution in [0.1, 0.15) is 0 Å². The molecule has 3 fully saturated rings. The van der Waals surface area contributed by atoms with E-state index in [4.69, 9.17) is 28.4 Å². The van der Waals surface area contributed by atoms with Crippen LogP contribution in [0.2, 0.25) is 0 Å². The Morgan fingerprint density at radius 1 is 0.732 bits per heavy atom. The van der Waals surface area contributed by atoms with Crippen LogP contribution < -0.4 is 4.72 Å². The molecule has 3 rings (SSSR count). The maximum absolute atomic E-state index is 11.8. The summed E-state index contributed by atoms with van der Waals surface area (Å²) in [5.74, 6) is -3.52. The average Bonchev–Trinajstić information content (AvgIpc) is 2.89. The van der Waals surface area contributed by atoms with Crippen molar-refractivity contribution in [1.29, 1.82) is 0 Å². The molecule has 41 heavy (non-hydrogen) atoms. The van der Waals surface area contributed by atoms with Gasteiger partial charge in [-0.05, 0) is 0 Å². The minimum absolute atomic E-state index is 1.03. The molecule has 0 bridgehead atoms. The molecule has 0 unspecified atom stereocenters. The quantitative estimate of drug-likeness (QED) is 0.100. The summed E-state index contributed by atoms with van der Waals surface area (Å²) in [6.45, 7) is -1.07. The van der Waals surface area contributed by atoms with E-state index in [-0.39, 0.29) is 0 Å².